The first kappa shape index (κ1) is 15.8. The fraction of sp³-hybridized carbons (Fsp3) is 0.786. The number of rotatable bonds is 5. The van der Waals surface area contributed by atoms with Crippen LogP contribution in [0.2, 0.25) is 0 Å². The Bertz CT molecular complexity index is 471. The molecule has 1 saturated carbocycles. The molecule has 21 heavy (non-hydrogen) atoms. The molecule has 1 atom stereocenters. The van der Waals surface area contributed by atoms with Crippen LogP contribution in [0.3, 0.4) is 0 Å². The van der Waals surface area contributed by atoms with Crippen molar-refractivity contribution < 1.29 is 14.4 Å². The lowest BCUT2D eigenvalue weighted by Gasteiger charge is -2.39. The van der Waals surface area contributed by atoms with Crippen molar-refractivity contribution in [2.75, 3.05) is 6.61 Å². The lowest BCUT2D eigenvalue weighted by atomic mass is 9.76. The Hall–Kier alpha value is -1.63. The molecule has 2 amide bonds. The van der Waals surface area contributed by atoms with Gasteiger partial charge in [-0.05, 0) is 32.6 Å². The van der Waals surface area contributed by atoms with E-state index in [1.807, 2.05) is 6.92 Å². The molecule has 7 heteroatoms. The minimum Gasteiger partial charge on any atom is -0.394 e. The minimum absolute atomic E-state index is 0.0647. The van der Waals surface area contributed by atoms with E-state index in [0.29, 0.717) is 17.6 Å². The van der Waals surface area contributed by atoms with E-state index in [1.165, 1.54) is 6.42 Å². The molecule has 1 unspecified atom stereocenters. The normalized spacial score (nSPS) is 19.0. The Balaban J connectivity index is 1.86. The highest BCUT2D eigenvalue weighted by Crippen LogP contribution is 2.32. The first-order valence-corrected chi connectivity index (χ1v) is 7.49. The molecule has 1 aromatic rings. The van der Waals surface area contributed by atoms with Crippen LogP contribution >= 0.6 is 0 Å². The third-order valence-electron chi connectivity index (χ3n) is 4.20. The van der Waals surface area contributed by atoms with Crippen molar-refractivity contribution in [2.45, 2.75) is 58.0 Å². The molecule has 0 aromatic carbocycles. The van der Waals surface area contributed by atoms with Gasteiger partial charge < -0.3 is 20.3 Å². The Morgan fingerprint density at radius 1 is 1.43 bits per heavy atom. The molecule has 0 saturated heterocycles. The number of carbonyl (C=O) groups is 1. The second-order valence-corrected chi connectivity index (χ2v) is 5.95. The number of nitrogens with one attached hydrogen (secondary N) is 2. The average molecular weight is 296 g/mol. The van der Waals surface area contributed by atoms with Gasteiger partial charge in [-0.1, -0.05) is 24.4 Å². The Morgan fingerprint density at radius 3 is 2.71 bits per heavy atom. The first-order valence-electron chi connectivity index (χ1n) is 7.49. The molecule has 118 valence electrons. The van der Waals surface area contributed by atoms with Crippen LogP contribution in [-0.2, 0) is 6.54 Å². The quantitative estimate of drug-likeness (QED) is 0.764. The number of aromatic nitrogens is 2. The molecule has 0 radical (unpaired) electrons. The van der Waals surface area contributed by atoms with Gasteiger partial charge in [0.25, 0.3) is 0 Å². The Morgan fingerprint density at radius 2 is 2.14 bits per heavy atom. The van der Waals surface area contributed by atoms with Crippen LogP contribution in [0.5, 0.6) is 0 Å². The highest BCUT2D eigenvalue weighted by Gasteiger charge is 2.35. The zero-order valence-electron chi connectivity index (χ0n) is 12.7. The van der Waals surface area contributed by atoms with Gasteiger partial charge in [0.05, 0.1) is 18.7 Å². The monoisotopic (exact) mass is 296 g/mol. The average Bonchev–Trinajstić information content (AvgIpc) is 2.91. The van der Waals surface area contributed by atoms with Crippen LogP contribution in [0.25, 0.3) is 0 Å². The van der Waals surface area contributed by atoms with Crippen molar-refractivity contribution in [1.82, 2.24) is 20.8 Å². The number of hydrogen-bond donors (Lipinski definition) is 3. The number of nitrogens with zero attached hydrogens (tertiary/aromatic N) is 2. The van der Waals surface area contributed by atoms with Gasteiger partial charge >= 0.3 is 6.03 Å². The summed E-state index contributed by atoms with van der Waals surface area (Å²) in [6, 6.07) is -0.326. The lowest BCUT2D eigenvalue weighted by Crippen LogP contribution is -2.57. The van der Waals surface area contributed by atoms with E-state index in [0.717, 1.165) is 25.7 Å². The van der Waals surface area contributed by atoms with Gasteiger partial charge in [0.1, 0.15) is 0 Å². The smallest absolute Gasteiger partial charge is 0.315 e. The third kappa shape index (κ3) is 4.17. The van der Waals surface area contributed by atoms with Gasteiger partial charge in [-0.2, -0.15) is 4.98 Å². The van der Waals surface area contributed by atoms with E-state index in [9.17, 15) is 9.90 Å². The van der Waals surface area contributed by atoms with Gasteiger partial charge in [-0.3, -0.25) is 0 Å². The maximum atomic E-state index is 12.0. The molecule has 3 N–H and O–H groups in total. The fourth-order valence-electron chi connectivity index (χ4n) is 2.88. The van der Waals surface area contributed by atoms with Crippen molar-refractivity contribution in [2.24, 2.45) is 5.92 Å². The summed E-state index contributed by atoms with van der Waals surface area (Å²) in [5.41, 5.74) is -0.588. The van der Waals surface area contributed by atoms with Crippen LogP contribution in [0.15, 0.2) is 4.52 Å². The number of urea groups is 1. The third-order valence-corrected chi connectivity index (χ3v) is 4.20. The second kappa shape index (κ2) is 6.89. The van der Waals surface area contributed by atoms with Crippen molar-refractivity contribution in [3.05, 3.63) is 11.7 Å². The van der Waals surface area contributed by atoms with E-state index >= 15 is 0 Å². The van der Waals surface area contributed by atoms with Crippen molar-refractivity contribution in [1.29, 1.82) is 0 Å². The zero-order chi connectivity index (χ0) is 15.3. The standard InChI is InChI=1S/C14H24N4O3/c1-10-16-12(21-18-10)8-15-13(20)17-14(2,9-19)11-6-4-3-5-7-11/h11,19H,3-9H2,1-2H3,(H2,15,17,20). The predicted molar refractivity (Wildman–Crippen MR) is 76.5 cm³/mol. The van der Waals surface area contributed by atoms with E-state index in [2.05, 4.69) is 20.8 Å². The van der Waals surface area contributed by atoms with Gasteiger partial charge in [0.15, 0.2) is 5.82 Å². The molecule has 1 fully saturated rings. The molecule has 7 nitrogen and oxygen atoms in total. The largest absolute Gasteiger partial charge is 0.394 e. The van der Waals surface area contributed by atoms with Gasteiger partial charge in [-0.15, -0.1) is 0 Å². The molecule has 0 spiro atoms. The number of hydrogen-bond acceptors (Lipinski definition) is 5. The van der Waals surface area contributed by atoms with Gasteiger partial charge in [0, 0.05) is 0 Å². The molecular weight excluding hydrogens is 272 g/mol. The maximum Gasteiger partial charge on any atom is 0.315 e. The fourth-order valence-corrected chi connectivity index (χ4v) is 2.88. The van der Waals surface area contributed by atoms with Crippen molar-refractivity contribution in [3.63, 3.8) is 0 Å². The molecule has 2 rings (SSSR count). The molecular formula is C14H24N4O3. The SMILES string of the molecule is Cc1noc(CNC(=O)NC(C)(CO)C2CCCCC2)n1. The van der Waals surface area contributed by atoms with Crippen molar-refractivity contribution >= 4 is 6.03 Å². The molecule has 1 aliphatic rings. The highest BCUT2D eigenvalue weighted by molar-refractivity contribution is 5.74. The minimum atomic E-state index is -0.588. The molecule has 1 aromatic heterocycles. The lowest BCUT2D eigenvalue weighted by molar-refractivity contribution is 0.101. The molecule has 0 aliphatic heterocycles. The Labute approximate surface area is 124 Å². The summed E-state index contributed by atoms with van der Waals surface area (Å²) in [4.78, 5) is 16.0. The topological polar surface area (TPSA) is 100 Å². The van der Waals surface area contributed by atoms with Crippen LogP contribution in [0, 0.1) is 12.8 Å². The van der Waals surface area contributed by atoms with Crippen LogP contribution in [-0.4, -0.2) is 33.4 Å². The number of amides is 2. The summed E-state index contributed by atoms with van der Waals surface area (Å²) in [6.07, 6.45) is 5.64. The summed E-state index contributed by atoms with van der Waals surface area (Å²) in [6.45, 7) is 3.74. The van der Waals surface area contributed by atoms with Gasteiger partial charge in [0.2, 0.25) is 5.89 Å². The van der Waals surface area contributed by atoms with E-state index in [-0.39, 0.29) is 19.2 Å². The summed E-state index contributed by atoms with van der Waals surface area (Å²) in [7, 11) is 0. The Kier molecular flexibility index (Phi) is 5.17. The van der Waals surface area contributed by atoms with E-state index in [4.69, 9.17) is 4.52 Å². The summed E-state index contributed by atoms with van der Waals surface area (Å²) >= 11 is 0. The molecule has 0 bridgehead atoms. The van der Waals surface area contributed by atoms with Crippen LogP contribution in [0.1, 0.15) is 50.7 Å². The zero-order valence-corrected chi connectivity index (χ0v) is 12.7. The summed E-state index contributed by atoms with van der Waals surface area (Å²) in [5.74, 6) is 1.22. The first-order chi connectivity index (χ1) is 10.0. The maximum absolute atomic E-state index is 12.0. The van der Waals surface area contributed by atoms with Gasteiger partial charge in [-0.25, -0.2) is 4.79 Å². The second-order valence-electron chi connectivity index (χ2n) is 5.95. The number of carbonyl (C=O) groups excluding carboxylic acids is 1. The van der Waals surface area contributed by atoms with E-state index < -0.39 is 5.54 Å². The molecule has 1 aliphatic carbocycles. The van der Waals surface area contributed by atoms with Crippen LogP contribution < -0.4 is 10.6 Å². The number of aliphatic hydroxyl groups is 1. The summed E-state index contributed by atoms with van der Waals surface area (Å²) in [5, 5.41) is 18.9. The summed E-state index contributed by atoms with van der Waals surface area (Å²) < 4.78 is 4.93. The van der Waals surface area contributed by atoms with E-state index in [1.54, 1.807) is 6.92 Å². The highest BCUT2D eigenvalue weighted by atomic mass is 16.5. The predicted octanol–water partition coefficient (Wildman–Crippen LogP) is 1.51. The van der Waals surface area contributed by atoms with Crippen molar-refractivity contribution in [3.8, 4) is 0 Å². The molecule has 1 heterocycles. The van der Waals surface area contributed by atoms with Crippen LogP contribution in [0.4, 0.5) is 4.79 Å². The number of aliphatic hydroxyl groups excluding tert-OH is 1. The number of aryl methyl sites for hydroxylation is 1.